The van der Waals surface area contributed by atoms with Gasteiger partial charge in [-0.3, -0.25) is 72.7 Å². The van der Waals surface area contributed by atoms with Crippen LogP contribution in [0.3, 0.4) is 0 Å². The van der Waals surface area contributed by atoms with E-state index in [0.29, 0.717) is 75.1 Å². The average molecular weight is 1760 g/mol. The van der Waals surface area contributed by atoms with Gasteiger partial charge in [0, 0.05) is 90.6 Å². The molecule has 8 aromatic rings. The van der Waals surface area contributed by atoms with Crippen LogP contribution in [0.5, 0.6) is 0 Å². The highest BCUT2D eigenvalue weighted by Crippen LogP contribution is 2.40. The third-order valence-electron chi connectivity index (χ3n) is 18.9. The molecule has 0 aliphatic carbocycles. The van der Waals surface area contributed by atoms with E-state index >= 15 is 0 Å². The molecule has 4 saturated heterocycles. The number of carbonyl (C=O) groups excluding carboxylic acids is 11. The van der Waals surface area contributed by atoms with E-state index in [4.69, 9.17) is 121 Å². The van der Waals surface area contributed by atoms with Gasteiger partial charge in [-0.2, -0.15) is 0 Å². The van der Waals surface area contributed by atoms with Crippen molar-refractivity contribution in [2.45, 2.75) is 103 Å². The highest BCUT2D eigenvalue weighted by atomic mass is 35.5. The molecule has 14 N–H and O–H groups in total. The number of pyridine rings is 4. The number of aliphatic carboxylic acids is 1. The number of aromatic nitrogens is 4. The third kappa shape index (κ3) is 27.5. The lowest BCUT2D eigenvalue weighted by Gasteiger charge is -2.38. The van der Waals surface area contributed by atoms with Gasteiger partial charge in [-0.05, 0) is 201 Å². The molecule has 29 nitrogen and oxygen atoms in total. The van der Waals surface area contributed by atoms with Crippen molar-refractivity contribution in [1.29, 1.82) is 0 Å². The number of rotatable bonds is 12. The Labute approximate surface area is 712 Å². The van der Waals surface area contributed by atoms with Crippen LogP contribution in [0.25, 0.3) is 0 Å². The minimum atomic E-state index is -1.63. The Bertz CT molecular complexity index is 4610. The zero-order valence-electron chi connectivity index (χ0n) is 63.3. The van der Waals surface area contributed by atoms with Crippen molar-refractivity contribution < 1.29 is 62.6 Å². The van der Waals surface area contributed by atoms with Crippen LogP contribution >= 0.6 is 92.8 Å². The summed E-state index contributed by atoms with van der Waals surface area (Å²) < 4.78 is 0. The summed E-state index contributed by atoms with van der Waals surface area (Å²) in [5.74, 6) is -8.56. The van der Waals surface area contributed by atoms with E-state index in [1.165, 1.54) is 101 Å². The molecule has 12 rings (SSSR count). The fourth-order valence-corrected chi connectivity index (χ4v) is 15.4. The van der Waals surface area contributed by atoms with Crippen molar-refractivity contribution in [2.75, 3.05) is 47.4 Å². The second kappa shape index (κ2) is 43.0. The summed E-state index contributed by atoms with van der Waals surface area (Å²) >= 11 is 48.7. The lowest BCUT2D eigenvalue weighted by molar-refractivity contribution is -0.147. The number of piperidine rings is 4. The molecule has 11 amide bonds. The smallest absolute Gasteiger partial charge is 0.394 e. The van der Waals surface area contributed by atoms with Gasteiger partial charge in [0.25, 0.3) is 0 Å². The molecule has 0 bridgehead atoms. The van der Waals surface area contributed by atoms with E-state index in [1.54, 1.807) is 60.7 Å². The Morgan fingerprint density at radius 1 is 0.333 bits per heavy atom. The molecule has 616 valence electrons. The van der Waals surface area contributed by atoms with Crippen molar-refractivity contribution in [1.82, 2.24) is 40.0 Å². The Balaban J connectivity index is 0.000000187. The van der Waals surface area contributed by atoms with Crippen molar-refractivity contribution >= 4 is 187 Å². The van der Waals surface area contributed by atoms with Gasteiger partial charge in [0.1, 0.15) is 0 Å². The number of carboxylic acids is 1. The molecule has 0 unspecified atom stereocenters. The van der Waals surface area contributed by atoms with Crippen molar-refractivity contribution in [3.05, 3.63) is 231 Å². The molecule has 8 heterocycles. The number of nitrogens with one attached hydrogen (secondary N) is 5. The number of nitrogens with zero attached hydrogens (tertiary/aromatic N) is 7. The van der Waals surface area contributed by atoms with E-state index in [9.17, 15) is 57.5 Å². The minimum Gasteiger partial charge on any atom is -0.474 e. The van der Waals surface area contributed by atoms with E-state index in [-0.39, 0.29) is 80.9 Å². The van der Waals surface area contributed by atoms with Crippen molar-refractivity contribution in [3.63, 3.8) is 0 Å². The highest BCUT2D eigenvalue weighted by molar-refractivity contribution is 6.42. The molecule has 0 saturated carbocycles. The number of carbonyl (C=O) groups is 12. The van der Waals surface area contributed by atoms with E-state index < -0.39 is 70.9 Å². The van der Waals surface area contributed by atoms with Crippen LogP contribution in [0.1, 0.15) is 167 Å². The number of amides is 11. The topological polar surface area (TPSA) is 451 Å². The van der Waals surface area contributed by atoms with Crippen molar-refractivity contribution in [3.8, 4) is 0 Å². The second-order valence-electron chi connectivity index (χ2n) is 28.3. The predicted molar refractivity (Wildman–Crippen MR) is 447 cm³/mol. The van der Waals surface area contributed by atoms with E-state index in [0.717, 1.165) is 64.9 Å². The van der Waals surface area contributed by atoms with E-state index in [1.807, 2.05) is 38.2 Å². The maximum Gasteiger partial charge on any atom is 0.394 e. The summed E-state index contributed by atoms with van der Waals surface area (Å²) in [5.41, 5.74) is 25.4. The Morgan fingerprint density at radius 2 is 0.573 bits per heavy atom. The Hall–Kier alpha value is -10.6. The first-order chi connectivity index (χ1) is 55.4. The van der Waals surface area contributed by atoms with Gasteiger partial charge in [-0.1, -0.05) is 121 Å². The molecule has 4 aromatic carbocycles. The zero-order chi connectivity index (χ0) is 85.6. The molecule has 4 aromatic heterocycles. The highest BCUT2D eigenvalue weighted by Gasteiger charge is 2.38. The fraction of sp³-hybridized carbons (Fsp3) is 0.300. The second-order valence-corrected chi connectivity index (χ2v) is 31.8. The largest absolute Gasteiger partial charge is 0.474 e. The van der Waals surface area contributed by atoms with Crippen molar-refractivity contribution in [2.24, 2.45) is 46.6 Å². The predicted octanol–water partition coefficient (Wildman–Crippen LogP) is 13.5. The maximum atomic E-state index is 13.0. The number of anilines is 4. The molecular formula is C80H82Cl8N16O13. The van der Waals surface area contributed by atoms with Crippen LogP contribution < -0.4 is 49.5 Å². The molecule has 4 fully saturated rings. The number of primary amides is 4. The normalized spacial score (nSPS) is 18.7. The van der Waals surface area contributed by atoms with Crippen LogP contribution in [0.4, 0.5) is 22.7 Å². The van der Waals surface area contributed by atoms with Gasteiger partial charge < -0.3 is 69.3 Å². The maximum absolute atomic E-state index is 13.0. The van der Waals surface area contributed by atoms with Gasteiger partial charge in [0.2, 0.25) is 23.6 Å². The molecule has 4 aliphatic heterocycles. The SMILES string of the molecule is C[C@@H]1CC[C@@H](c2cc(Cl)cc(Cl)c2)N(C(=O)C(=O)Nc2cncc(C(N)=O)c2)C1.C[C@@H]1CC[C@@H](c2cc(Cl)cc(Cl)c2)N(C(=O)C(=O)Nc2cncc(C(N)=O)c2)C1.C[C@@H]1CC[C@@H](c2cc(Cl)cc(Cl)c2)NC1.C[C@H]1CC[C@H](c2cc(Cl)cc(Cl)c2)N(C(=O)C(=O)Nc2cncc(C(N)=O)c2)C1.NC(=O)c1cncc(NC(=O)C(=O)O)c1. The van der Waals surface area contributed by atoms with E-state index in [2.05, 4.69) is 48.1 Å². The summed E-state index contributed by atoms with van der Waals surface area (Å²) in [6, 6.07) is 26.0. The molecular weight excluding hydrogens is 1680 g/mol. The summed E-state index contributed by atoms with van der Waals surface area (Å²) in [6.07, 6.45) is 17.5. The lowest BCUT2D eigenvalue weighted by Crippen LogP contribution is -2.46. The number of benzene rings is 4. The lowest BCUT2D eigenvalue weighted by atomic mass is 9.90. The number of hydrogen-bond donors (Lipinski definition) is 10. The average Bonchev–Trinajstić information content (AvgIpc) is 0.806. The summed E-state index contributed by atoms with van der Waals surface area (Å²) in [4.78, 5) is 162. The number of nitrogens with two attached hydrogens (primary N) is 4. The van der Waals surface area contributed by atoms with Crippen LogP contribution in [0.15, 0.2) is 147 Å². The van der Waals surface area contributed by atoms with Crippen LogP contribution in [-0.2, 0) is 38.4 Å². The molecule has 0 spiro atoms. The standard InChI is InChI=1S/3C20H20Cl2N4O3.C12H15Cl2N.C8H7N3O4/c3*1-11-2-3-17(12-4-14(21)7-15(22)5-12)26(10-11)20(29)19(28)25-16-6-13(18(23)27)8-24-9-16;1-8-2-3-12(15-7-8)9-4-10(13)6-11(14)5-9;9-6(12)4-1-5(3-10-2-4)11-7(13)8(14)15/h3*4-9,11,17H,2-3,10H2,1H3,(H2,23,27)(H,25,28);4-6,8,12,15H,2-3,7H2,1H3;1-3H,(H2,9,12)(H,11,13)(H,14,15)/t3*11-,17+;8-,12+;/m1101./s1. The van der Waals surface area contributed by atoms with Crippen LogP contribution in [0.2, 0.25) is 40.2 Å². The quantitative estimate of drug-likeness (QED) is 0.0508. The van der Waals surface area contributed by atoms with Gasteiger partial charge >= 0.3 is 47.3 Å². The summed E-state index contributed by atoms with van der Waals surface area (Å²) in [7, 11) is 0. The Kier molecular flexibility index (Phi) is 33.8. The Morgan fingerprint density at radius 3 is 0.803 bits per heavy atom. The van der Waals surface area contributed by atoms with Crippen LogP contribution in [0, 0.1) is 23.7 Å². The number of hydrogen-bond acceptors (Lipinski definition) is 17. The van der Waals surface area contributed by atoms with Gasteiger partial charge in [-0.15, -0.1) is 0 Å². The fourth-order valence-electron chi connectivity index (χ4n) is 13.2. The molecule has 117 heavy (non-hydrogen) atoms. The number of likely N-dealkylation sites (tertiary alicyclic amines) is 3. The molecule has 0 radical (unpaired) electrons. The zero-order valence-corrected chi connectivity index (χ0v) is 69.3. The number of halogens is 8. The van der Waals surface area contributed by atoms with Gasteiger partial charge in [0.15, 0.2) is 0 Å². The monoisotopic (exact) mass is 1750 g/mol. The van der Waals surface area contributed by atoms with Gasteiger partial charge in [0.05, 0.1) is 87.9 Å². The molecule has 37 heteroatoms. The summed E-state index contributed by atoms with van der Waals surface area (Å²) in [6.45, 7) is 10.7. The third-order valence-corrected chi connectivity index (χ3v) is 20.6. The number of carboxylic acid groups (broad SMARTS) is 1. The first kappa shape index (κ1) is 91.9. The first-order valence-electron chi connectivity index (χ1n) is 36.4. The molecule has 4 aliphatic rings. The van der Waals surface area contributed by atoms with Crippen LogP contribution in [-0.4, -0.2) is 137 Å². The van der Waals surface area contributed by atoms with Gasteiger partial charge in [-0.25, -0.2) is 4.79 Å². The summed E-state index contributed by atoms with van der Waals surface area (Å²) in [5, 5.41) is 25.6. The first-order valence-corrected chi connectivity index (χ1v) is 39.4. The molecule has 8 atom stereocenters. The minimum absolute atomic E-state index is 0.0817.